The van der Waals surface area contributed by atoms with Crippen molar-refractivity contribution < 1.29 is 23.8 Å². The molecule has 1 aliphatic heterocycles. The summed E-state index contributed by atoms with van der Waals surface area (Å²) in [6.45, 7) is 3.57. The zero-order valence-electron chi connectivity index (χ0n) is 20.7. The van der Waals surface area contributed by atoms with Crippen LogP contribution in [0.1, 0.15) is 25.3 Å². The smallest absolute Gasteiger partial charge is 0.336 e. The number of nitrogens with one attached hydrogen (secondary N) is 2. The molecule has 186 valence electrons. The van der Waals surface area contributed by atoms with Gasteiger partial charge in [-0.05, 0) is 49.7 Å². The zero-order valence-corrected chi connectivity index (χ0v) is 21.5. The van der Waals surface area contributed by atoms with Gasteiger partial charge in [0.1, 0.15) is 5.75 Å². The summed E-state index contributed by atoms with van der Waals surface area (Å²) in [5.41, 5.74) is 5.13. The van der Waals surface area contributed by atoms with Crippen molar-refractivity contribution in [1.29, 1.82) is 0 Å². The first kappa shape index (κ1) is 25.0. The number of hydrogen-bond acceptors (Lipinski definition) is 9. The predicted octanol–water partition coefficient (Wildman–Crippen LogP) is 5.14. The fraction of sp³-hybridized carbons (Fsp3) is 0.222. The number of allylic oxidation sites excluding steroid dienone is 2. The average Bonchev–Trinajstić information content (AvgIpc) is 3.36. The van der Waals surface area contributed by atoms with Crippen molar-refractivity contribution in [3.8, 4) is 17.0 Å². The van der Waals surface area contributed by atoms with Crippen LogP contribution in [0.5, 0.6) is 5.75 Å². The fourth-order valence-corrected chi connectivity index (χ4v) is 5.00. The molecule has 1 aromatic heterocycles. The summed E-state index contributed by atoms with van der Waals surface area (Å²) in [4.78, 5) is 30.5. The molecule has 0 saturated heterocycles. The summed E-state index contributed by atoms with van der Waals surface area (Å²) < 4.78 is 15.4. The topological polar surface area (TPSA) is 98.8 Å². The molecule has 8 nitrogen and oxygen atoms in total. The number of carbonyl (C=O) groups excluding carboxylic acids is 2. The van der Waals surface area contributed by atoms with Gasteiger partial charge >= 0.3 is 11.9 Å². The minimum atomic E-state index is -0.698. The van der Waals surface area contributed by atoms with Crippen molar-refractivity contribution in [2.24, 2.45) is 0 Å². The largest absolute Gasteiger partial charge is 0.497 e. The highest BCUT2D eigenvalue weighted by Crippen LogP contribution is 2.42. The van der Waals surface area contributed by atoms with Crippen molar-refractivity contribution in [3.05, 3.63) is 82.0 Å². The van der Waals surface area contributed by atoms with Gasteiger partial charge in [-0.15, -0.1) is 11.3 Å². The van der Waals surface area contributed by atoms with E-state index in [2.05, 4.69) is 10.6 Å². The molecule has 2 N–H and O–H groups in total. The van der Waals surface area contributed by atoms with Crippen LogP contribution in [-0.2, 0) is 19.1 Å². The number of para-hydroxylation sites is 1. The second-order valence-corrected chi connectivity index (χ2v) is 8.96. The Kier molecular flexibility index (Phi) is 7.40. The van der Waals surface area contributed by atoms with Crippen molar-refractivity contribution in [2.75, 3.05) is 26.6 Å². The van der Waals surface area contributed by atoms with E-state index in [0.29, 0.717) is 33.4 Å². The molecular weight excluding hydrogens is 478 g/mol. The molecule has 0 saturated carbocycles. The van der Waals surface area contributed by atoms with Gasteiger partial charge in [-0.3, -0.25) is 0 Å². The molecule has 9 heteroatoms. The third kappa shape index (κ3) is 4.83. The summed E-state index contributed by atoms with van der Waals surface area (Å²) in [6.07, 6.45) is 0. The Morgan fingerprint density at radius 2 is 1.53 bits per heavy atom. The van der Waals surface area contributed by atoms with Crippen LogP contribution in [0.3, 0.4) is 0 Å². The number of rotatable bonds is 7. The number of methoxy groups -OCH3 is 3. The molecule has 0 spiro atoms. The third-order valence-corrected chi connectivity index (χ3v) is 6.73. The van der Waals surface area contributed by atoms with E-state index in [1.165, 1.54) is 25.6 Å². The molecule has 36 heavy (non-hydrogen) atoms. The maximum atomic E-state index is 12.9. The summed E-state index contributed by atoms with van der Waals surface area (Å²) in [5.74, 6) is -0.969. The number of nitrogens with zero attached hydrogens (tertiary/aromatic N) is 1. The van der Waals surface area contributed by atoms with Gasteiger partial charge in [0.05, 0.1) is 44.1 Å². The van der Waals surface area contributed by atoms with Crippen LogP contribution < -0.4 is 15.4 Å². The molecule has 3 aromatic rings. The van der Waals surface area contributed by atoms with Crippen molar-refractivity contribution >= 4 is 34.1 Å². The van der Waals surface area contributed by atoms with Gasteiger partial charge in [0.25, 0.3) is 0 Å². The molecule has 0 atom stereocenters. The molecule has 0 unspecified atom stereocenters. The first-order valence-corrected chi connectivity index (χ1v) is 12.1. The Bertz CT molecular complexity index is 1320. The van der Waals surface area contributed by atoms with Gasteiger partial charge < -0.3 is 24.8 Å². The minimum Gasteiger partial charge on any atom is -0.497 e. The monoisotopic (exact) mass is 505 g/mol. The fourth-order valence-electron chi connectivity index (χ4n) is 4.27. The van der Waals surface area contributed by atoms with E-state index in [4.69, 9.17) is 19.2 Å². The van der Waals surface area contributed by atoms with Gasteiger partial charge in [-0.2, -0.15) is 0 Å². The number of aromatic nitrogens is 1. The number of dihydropyridines is 1. The normalized spacial score (nSPS) is 13.8. The second kappa shape index (κ2) is 10.7. The highest BCUT2D eigenvalue weighted by molar-refractivity contribution is 7.14. The maximum absolute atomic E-state index is 12.9. The van der Waals surface area contributed by atoms with Crippen LogP contribution in [0, 0.1) is 0 Å². The van der Waals surface area contributed by atoms with Crippen LogP contribution in [-0.4, -0.2) is 38.3 Å². The van der Waals surface area contributed by atoms with Crippen molar-refractivity contribution in [3.63, 3.8) is 0 Å². The molecule has 0 fully saturated rings. The van der Waals surface area contributed by atoms with Gasteiger partial charge in [-0.1, -0.05) is 18.2 Å². The Hall–Kier alpha value is -4.11. The van der Waals surface area contributed by atoms with Gasteiger partial charge in [-0.25, -0.2) is 14.6 Å². The first-order valence-electron chi connectivity index (χ1n) is 11.2. The molecule has 1 aliphatic rings. The Morgan fingerprint density at radius 1 is 0.917 bits per heavy atom. The van der Waals surface area contributed by atoms with E-state index in [-0.39, 0.29) is 0 Å². The van der Waals surface area contributed by atoms with E-state index in [1.807, 2.05) is 53.9 Å². The van der Waals surface area contributed by atoms with Gasteiger partial charge in [0, 0.05) is 28.0 Å². The Morgan fingerprint density at radius 3 is 2.11 bits per heavy atom. The van der Waals surface area contributed by atoms with Crippen LogP contribution in [0.25, 0.3) is 11.3 Å². The third-order valence-electron chi connectivity index (χ3n) is 5.97. The van der Waals surface area contributed by atoms with E-state index in [1.54, 1.807) is 21.0 Å². The van der Waals surface area contributed by atoms with E-state index in [0.717, 1.165) is 22.6 Å². The van der Waals surface area contributed by atoms with Gasteiger partial charge in [0.2, 0.25) is 0 Å². The van der Waals surface area contributed by atoms with Crippen LogP contribution in [0.4, 0.5) is 10.8 Å². The lowest BCUT2D eigenvalue weighted by Crippen LogP contribution is -2.32. The number of carbonyl (C=O) groups is 2. The highest BCUT2D eigenvalue weighted by atomic mass is 32.1. The SMILES string of the molecule is COC(=O)C1=C(C)NC(C)=C(C(=O)OC)C1c1ccccc1Nc1nc(-c2ccc(OC)cc2)cs1. The summed E-state index contributed by atoms with van der Waals surface area (Å²) in [5, 5.41) is 9.14. The lowest BCUT2D eigenvalue weighted by Gasteiger charge is -2.31. The molecular formula is C27H27N3O5S. The molecule has 2 aromatic carbocycles. The van der Waals surface area contributed by atoms with E-state index < -0.39 is 17.9 Å². The summed E-state index contributed by atoms with van der Waals surface area (Å²) in [6, 6.07) is 15.2. The predicted molar refractivity (Wildman–Crippen MR) is 139 cm³/mol. The lowest BCUT2D eigenvalue weighted by molar-refractivity contribution is -0.137. The van der Waals surface area contributed by atoms with Crippen LogP contribution in [0.15, 0.2) is 76.5 Å². The maximum Gasteiger partial charge on any atom is 0.336 e. The lowest BCUT2D eigenvalue weighted by atomic mass is 9.79. The van der Waals surface area contributed by atoms with Crippen LogP contribution in [0.2, 0.25) is 0 Å². The van der Waals surface area contributed by atoms with E-state index >= 15 is 0 Å². The molecule has 0 aliphatic carbocycles. The zero-order chi connectivity index (χ0) is 25.8. The van der Waals surface area contributed by atoms with Gasteiger partial charge in [0.15, 0.2) is 5.13 Å². The molecule has 4 rings (SSSR count). The van der Waals surface area contributed by atoms with Crippen molar-refractivity contribution in [1.82, 2.24) is 10.3 Å². The standard InChI is InChI=1S/C27H27N3O5S/c1-15-22(25(31)34-4)24(23(16(2)28-15)26(32)35-5)19-8-6-7-9-20(19)29-27-30-21(14-36-27)17-10-12-18(33-3)13-11-17/h6-14,24,28H,1-5H3,(H,29,30). The Labute approximate surface area is 213 Å². The van der Waals surface area contributed by atoms with E-state index in [9.17, 15) is 9.59 Å². The van der Waals surface area contributed by atoms with Crippen LogP contribution >= 0.6 is 11.3 Å². The molecule has 0 amide bonds. The number of anilines is 2. The minimum absolute atomic E-state index is 0.343. The second-order valence-electron chi connectivity index (χ2n) is 8.10. The summed E-state index contributed by atoms with van der Waals surface area (Å²) >= 11 is 1.46. The average molecular weight is 506 g/mol. The summed E-state index contributed by atoms with van der Waals surface area (Å²) in [7, 11) is 4.27. The number of thiazole rings is 1. The molecule has 0 bridgehead atoms. The number of benzene rings is 2. The highest BCUT2D eigenvalue weighted by Gasteiger charge is 2.38. The number of ether oxygens (including phenoxy) is 3. The Balaban J connectivity index is 1.75. The first-order chi connectivity index (χ1) is 17.4. The number of esters is 2. The molecule has 0 radical (unpaired) electrons. The number of hydrogen-bond donors (Lipinski definition) is 2. The quantitative estimate of drug-likeness (QED) is 0.426. The van der Waals surface area contributed by atoms with Crippen molar-refractivity contribution in [2.45, 2.75) is 19.8 Å². The molecule has 2 heterocycles.